The molecular weight excluding hydrogens is 751 g/mol. The Morgan fingerprint density at radius 3 is 1.44 bits per heavy atom. The number of aliphatic hydroxyl groups is 4. The summed E-state index contributed by atoms with van der Waals surface area (Å²) in [7, 11) is 0. The smallest absolute Gasteiger partial charge is 0.303 e. The minimum Gasteiger partial charge on any atom is -0.481 e. The number of unbranched alkanes of at least 4 members (excludes halogenated alkanes) is 27. The van der Waals surface area contributed by atoms with Crippen LogP contribution in [0.4, 0.5) is 0 Å². The number of amides is 2. The molecule has 1 saturated heterocycles. The molecule has 12 nitrogen and oxygen atoms in total. The van der Waals surface area contributed by atoms with Gasteiger partial charge in [-0.3, -0.25) is 14.4 Å². The minimum atomic E-state index is -1.53. The molecule has 0 unspecified atom stereocenters. The van der Waals surface area contributed by atoms with Gasteiger partial charge in [0, 0.05) is 19.4 Å². The van der Waals surface area contributed by atoms with Crippen LogP contribution in [-0.4, -0.2) is 111 Å². The molecule has 12 heteroatoms. The summed E-state index contributed by atoms with van der Waals surface area (Å²) in [5.41, 5.74) is 0. The summed E-state index contributed by atoms with van der Waals surface area (Å²) < 4.78 is 6.16. The molecule has 7 N–H and O–H groups in total. The van der Waals surface area contributed by atoms with Gasteiger partial charge in [-0.15, -0.1) is 0 Å². The van der Waals surface area contributed by atoms with Gasteiger partial charge in [0.05, 0.1) is 13.2 Å². The average molecular weight is 842 g/mol. The number of carbonyl (C=O) groups excluding carboxylic acids is 2. The number of rotatable bonds is 41. The molecule has 0 aromatic heterocycles. The number of carboxylic acid groups (broad SMARTS) is 1. The van der Waals surface area contributed by atoms with Crippen molar-refractivity contribution in [2.45, 2.75) is 256 Å². The maximum atomic E-state index is 14.0. The van der Waals surface area contributed by atoms with E-state index in [4.69, 9.17) is 9.84 Å². The number of nitrogens with one attached hydrogen (secondary N) is 2. The van der Waals surface area contributed by atoms with Gasteiger partial charge in [0.1, 0.15) is 30.4 Å². The number of hydrogen-bond donors (Lipinski definition) is 7. The fourth-order valence-corrected chi connectivity index (χ4v) is 8.19. The summed E-state index contributed by atoms with van der Waals surface area (Å²) in [5.74, 6) is -1.63. The van der Waals surface area contributed by atoms with Crippen molar-refractivity contribution < 1.29 is 44.7 Å². The molecule has 0 aromatic carbocycles. The molecule has 0 bridgehead atoms. The Kier molecular flexibility index (Phi) is 35.4. The van der Waals surface area contributed by atoms with E-state index in [2.05, 4.69) is 24.5 Å². The van der Waals surface area contributed by atoms with E-state index in [1.54, 1.807) is 4.90 Å². The van der Waals surface area contributed by atoms with E-state index >= 15 is 0 Å². The third kappa shape index (κ3) is 27.0. The van der Waals surface area contributed by atoms with Gasteiger partial charge in [0.25, 0.3) is 0 Å². The van der Waals surface area contributed by atoms with Gasteiger partial charge in [-0.05, 0) is 32.2 Å². The molecule has 1 fully saturated rings. The molecule has 6 atom stereocenters. The van der Waals surface area contributed by atoms with Crippen molar-refractivity contribution in [1.29, 1.82) is 0 Å². The van der Waals surface area contributed by atoms with E-state index in [1.165, 1.54) is 122 Å². The van der Waals surface area contributed by atoms with Crippen molar-refractivity contribution in [3.8, 4) is 0 Å². The van der Waals surface area contributed by atoms with Crippen LogP contribution in [0.15, 0.2) is 0 Å². The lowest BCUT2D eigenvalue weighted by Crippen LogP contribution is -2.70. The molecule has 0 aromatic rings. The predicted octanol–water partition coefficient (Wildman–Crippen LogP) is 8.30. The molecule has 1 heterocycles. The summed E-state index contributed by atoms with van der Waals surface area (Å²) >= 11 is 0. The Morgan fingerprint density at radius 1 is 0.576 bits per heavy atom. The van der Waals surface area contributed by atoms with Crippen molar-refractivity contribution in [1.82, 2.24) is 15.5 Å². The quantitative estimate of drug-likeness (QED) is 0.0295. The zero-order valence-electron chi connectivity index (χ0n) is 37.7. The van der Waals surface area contributed by atoms with Gasteiger partial charge >= 0.3 is 5.97 Å². The maximum Gasteiger partial charge on any atom is 0.303 e. The summed E-state index contributed by atoms with van der Waals surface area (Å²) in [6, 6.07) is -2.23. The predicted molar refractivity (Wildman–Crippen MR) is 237 cm³/mol. The molecule has 1 aliphatic rings. The SMILES string of the molecule is CCCCCCCCCCCCCCCCCC(=O)N(CCCCCCCCCCCCCC)[C@@H]1O[C@H](CO)[C@@H](O)[C@H](O)[C@@H]1NC(=O)[C@H](CO)NCCCCCC(=O)O. The van der Waals surface area contributed by atoms with Gasteiger partial charge in [0.15, 0.2) is 6.23 Å². The Labute approximate surface area is 359 Å². The number of aliphatic carboxylic acids is 1. The van der Waals surface area contributed by atoms with Crippen LogP contribution in [-0.2, 0) is 19.1 Å². The van der Waals surface area contributed by atoms with E-state index in [0.29, 0.717) is 51.6 Å². The number of ether oxygens (including phenoxy) is 1. The fraction of sp³-hybridized carbons (Fsp3) is 0.936. The Morgan fingerprint density at radius 2 is 1.00 bits per heavy atom. The summed E-state index contributed by atoms with van der Waals surface area (Å²) in [6.45, 7) is 4.11. The highest BCUT2D eigenvalue weighted by Gasteiger charge is 2.48. The van der Waals surface area contributed by atoms with Gasteiger partial charge in [0.2, 0.25) is 11.8 Å². The number of carbonyl (C=O) groups is 3. The Hall–Kier alpha value is -1.83. The molecule has 1 rings (SSSR count). The van der Waals surface area contributed by atoms with Gasteiger partial charge in [-0.1, -0.05) is 181 Å². The summed E-state index contributed by atoms with van der Waals surface area (Å²) in [5, 5.41) is 57.0. The van der Waals surface area contributed by atoms with Crippen molar-refractivity contribution in [3.05, 3.63) is 0 Å². The molecule has 0 aliphatic carbocycles. The number of aliphatic hydroxyl groups excluding tert-OH is 4. The second-order valence-corrected chi connectivity index (χ2v) is 17.3. The van der Waals surface area contributed by atoms with E-state index in [0.717, 1.165) is 38.5 Å². The second kappa shape index (κ2) is 37.9. The molecule has 2 amide bonds. The Bertz CT molecular complexity index is 1020. The largest absolute Gasteiger partial charge is 0.481 e. The van der Waals surface area contributed by atoms with Crippen molar-refractivity contribution in [3.63, 3.8) is 0 Å². The fourth-order valence-electron chi connectivity index (χ4n) is 8.19. The van der Waals surface area contributed by atoms with Crippen molar-refractivity contribution in [2.24, 2.45) is 0 Å². The molecule has 1 aliphatic heterocycles. The minimum absolute atomic E-state index is 0.0654. The third-order valence-electron chi connectivity index (χ3n) is 12.0. The monoisotopic (exact) mass is 842 g/mol. The van der Waals surface area contributed by atoms with Crippen LogP contribution in [0.2, 0.25) is 0 Å². The first kappa shape index (κ1) is 55.2. The van der Waals surface area contributed by atoms with Crippen molar-refractivity contribution in [2.75, 3.05) is 26.3 Å². The van der Waals surface area contributed by atoms with Crippen LogP contribution in [0, 0.1) is 0 Å². The van der Waals surface area contributed by atoms with Gasteiger partial charge in [-0.2, -0.15) is 0 Å². The van der Waals surface area contributed by atoms with Crippen LogP contribution in [0.5, 0.6) is 0 Å². The van der Waals surface area contributed by atoms with Crippen LogP contribution in [0.3, 0.4) is 0 Å². The Balaban J connectivity index is 2.81. The third-order valence-corrected chi connectivity index (χ3v) is 12.0. The van der Waals surface area contributed by atoms with E-state index in [1.807, 2.05) is 0 Å². The lowest BCUT2D eigenvalue weighted by Gasteiger charge is -2.47. The zero-order chi connectivity index (χ0) is 43.4. The van der Waals surface area contributed by atoms with E-state index < -0.39 is 61.7 Å². The van der Waals surface area contributed by atoms with Crippen molar-refractivity contribution >= 4 is 17.8 Å². The van der Waals surface area contributed by atoms with Crippen LogP contribution >= 0.6 is 0 Å². The maximum absolute atomic E-state index is 14.0. The second-order valence-electron chi connectivity index (χ2n) is 17.3. The highest BCUT2D eigenvalue weighted by atomic mass is 16.5. The lowest BCUT2D eigenvalue weighted by molar-refractivity contribution is -0.231. The van der Waals surface area contributed by atoms with Crippen LogP contribution < -0.4 is 10.6 Å². The number of carboxylic acids is 1. The van der Waals surface area contributed by atoms with E-state index in [9.17, 15) is 34.8 Å². The highest BCUT2D eigenvalue weighted by molar-refractivity contribution is 5.82. The topological polar surface area (TPSA) is 189 Å². The summed E-state index contributed by atoms with van der Waals surface area (Å²) in [6.07, 6.45) is 29.2. The van der Waals surface area contributed by atoms with Gasteiger partial charge in [-0.25, -0.2) is 0 Å². The molecule has 0 spiro atoms. The van der Waals surface area contributed by atoms with E-state index in [-0.39, 0.29) is 12.3 Å². The molecule has 0 radical (unpaired) electrons. The first-order chi connectivity index (χ1) is 28.7. The zero-order valence-corrected chi connectivity index (χ0v) is 37.7. The molecule has 0 saturated carbocycles. The number of nitrogens with zero attached hydrogens (tertiary/aromatic N) is 1. The molecular formula is C47H91N3O9. The highest BCUT2D eigenvalue weighted by Crippen LogP contribution is 2.26. The first-order valence-corrected chi connectivity index (χ1v) is 24.5. The average Bonchev–Trinajstić information content (AvgIpc) is 3.22. The number of hydrogen-bond acceptors (Lipinski definition) is 9. The molecule has 59 heavy (non-hydrogen) atoms. The molecule has 348 valence electrons. The van der Waals surface area contributed by atoms with Gasteiger partial charge < -0.3 is 45.8 Å². The van der Waals surface area contributed by atoms with Crippen LogP contribution in [0.1, 0.15) is 219 Å². The normalized spacial score (nSPS) is 19.8. The standard InChI is InChI=1S/C47H91N3O9/c1-3-5-7-9-11-13-15-17-18-19-20-22-24-26-29-33-41(53)50(36-32-27-25-23-21-16-14-12-10-8-6-4-2)47-43(45(57)44(56)40(38-52)59-47)49-46(58)39(37-51)48-35-31-28-30-34-42(54)55/h39-40,43-45,47-48,51-52,56-57H,3-38H2,1-2H3,(H,49,58)(H,54,55)/t39-,40+,43-,44+,45+,47+/m0/s1. The first-order valence-electron chi connectivity index (χ1n) is 24.5. The van der Waals surface area contributed by atoms with Crippen LogP contribution in [0.25, 0.3) is 0 Å². The lowest BCUT2D eigenvalue weighted by atomic mass is 9.94. The summed E-state index contributed by atoms with van der Waals surface area (Å²) in [4.78, 5) is 39.9.